The minimum atomic E-state index is -0.382. The fourth-order valence-electron chi connectivity index (χ4n) is 3.24. The molecule has 7 heteroatoms. The lowest BCUT2D eigenvalue weighted by Gasteiger charge is -2.29. The lowest BCUT2D eigenvalue weighted by atomic mass is 10.00. The van der Waals surface area contributed by atoms with Gasteiger partial charge in [0.25, 0.3) is 5.91 Å². The van der Waals surface area contributed by atoms with E-state index < -0.39 is 0 Å². The van der Waals surface area contributed by atoms with Crippen molar-refractivity contribution in [3.63, 3.8) is 0 Å². The number of hydrogen-bond donors (Lipinski definition) is 2. The molecule has 27 heavy (non-hydrogen) atoms. The molecule has 0 spiro atoms. The van der Waals surface area contributed by atoms with Gasteiger partial charge in [-0.1, -0.05) is 24.3 Å². The predicted molar refractivity (Wildman–Crippen MR) is 106 cm³/mol. The second kappa shape index (κ2) is 6.74. The van der Waals surface area contributed by atoms with Crippen molar-refractivity contribution in [2.24, 2.45) is 0 Å². The van der Waals surface area contributed by atoms with E-state index in [0.29, 0.717) is 22.7 Å². The van der Waals surface area contributed by atoms with E-state index in [9.17, 15) is 10.1 Å². The van der Waals surface area contributed by atoms with E-state index >= 15 is 0 Å². The monoisotopic (exact) mass is 375 g/mol. The summed E-state index contributed by atoms with van der Waals surface area (Å²) >= 11 is 1.56. The van der Waals surface area contributed by atoms with Crippen molar-refractivity contribution in [2.45, 2.75) is 19.9 Å². The average molecular weight is 375 g/mol. The maximum absolute atomic E-state index is 13.2. The third-order valence-electron chi connectivity index (χ3n) is 4.59. The smallest absolute Gasteiger partial charge is 0.255 e. The van der Waals surface area contributed by atoms with E-state index in [1.165, 1.54) is 6.20 Å². The SMILES string of the molecule is CC1=C(C(=O)Nc2ccccc2C)C(c2cccs2)n2ncc(C#N)c2N1. The highest BCUT2D eigenvalue weighted by molar-refractivity contribution is 7.10. The van der Waals surface area contributed by atoms with Crippen LogP contribution in [0.2, 0.25) is 0 Å². The van der Waals surface area contributed by atoms with Gasteiger partial charge < -0.3 is 10.6 Å². The van der Waals surface area contributed by atoms with Crippen LogP contribution < -0.4 is 10.6 Å². The number of rotatable bonds is 3. The highest BCUT2D eigenvalue weighted by Gasteiger charge is 2.34. The summed E-state index contributed by atoms with van der Waals surface area (Å²) < 4.78 is 1.71. The normalized spacial score (nSPS) is 15.7. The molecule has 2 N–H and O–H groups in total. The molecule has 0 saturated heterocycles. The average Bonchev–Trinajstić information content (AvgIpc) is 3.32. The van der Waals surface area contributed by atoms with E-state index in [1.54, 1.807) is 16.0 Å². The fourth-order valence-corrected chi connectivity index (χ4v) is 4.06. The Morgan fingerprint density at radius 3 is 2.81 bits per heavy atom. The number of amides is 1. The zero-order valence-electron chi connectivity index (χ0n) is 14.9. The van der Waals surface area contributed by atoms with E-state index in [4.69, 9.17) is 0 Å². The second-order valence-corrected chi connectivity index (χ2v) is 7.29. The zero-order valence-corrected chi connectivity index (χ0v) is 15.7. The summed E-state index contributed by atoms with van der Waals surface area (Å²) in [5.41, 5.74) is 3.52. The molecule has 1 unspecified atom stereocenters. The summed E-state index contributed by atoms with van der Waals surface area (Å²) in [7, 11) is 0. The Hall–Kier alpha value is -3.37. The number of nitrogens with zero attached hydrogens (tertiary/aromatic N) is 3. The molecule has 3 aromatic rings. The van der Waals surface area contributed by atoms with Gasteiger partial charge in [-0.15, -0.1) is 11.3 Å². The highest BCUT2D eigenvalue weighted by Crippen LogP contribution is 2.39. The number of para-hydroxylation sites is 1. The van der Waals surface area contributed by atoms with Gasteiger partial charge in [-0.3, -0.25) is 4.79 Å². The quantitative estimate of drug-likeness (QED) is 0.723. The van der Waals surface area contributed by atoms with Crippen molar-refractivity contribution in [3.05, 3.63) is 75.2 Å². The number of benzene rings is 1. The van der Waals surface area contributed by atoms with Crippen molar-refractivity contribution in [1.29, 1.82) is 5.26 Å². The lowest BCUT2D eigenvalue weighted by molar-refractivity contribution is -0.113. The minimum absolute atomic E-state index is 0.188. The van der Waals surface area contributed by atoms with Crippen LogP contribution in [-0.4, -0.2) is 15.7 Å². The number of thiophene rings is 1. The number of nitriles is 1. The van der Waals surface area contributed by atoms with Crippen LogP contribution in [0.15, 0.2) is 59.2 Å². The third kappa shape index (κ3) is 2.90. The molecule has 6 nitrogen and oxygen atoms in total. The Balaban J connectivity index is 1.79. The predicted octanol–water partition coefficient (Wildman–Crippen LogP) is 4.05. The number of hydrogen-bond acceptors (Lipinski definition) is 5. The van der Waals surface area contributed by atoms with Crippen molar-refractivity contribution in [2.75, 3.05) is 10.6 Å². The van der Waals surface area contributed by atoms with Crippen LogP contribution in [-0.2, 0) is 4.79 Å². The number of nitrogens with one attached hydrogen (secondary N) is 2. The topological polar surface area (TPSA) is 82.7 Å². The van der Waals surface area contributed by atoms with E-state index in [-0.39, 0.29) is 11.9 Å². The molecule has 0 aliphatic carbocycles. The highest BCUT2D eigenvalue weighted by atomic mass is 32.1. The molecule has 0 fully saturated rings. The molecular formula is C20H17N5OS. The van der Waals surface area contributed by atoms with Gasteiger partial charge in [0, 0.05) is 16.3 Å². The summed E-state index contributed by atoms with van der Waals surface area (Å²) in [6.45, 7) is 3.81. The third-order valence-corrected chi connectivity index (χ3v) is 5.52. The van der Waals surface area contributed by atoms with Crippen LogP contribution in [0, 0.1) is 18.3 Å². The summed E-state index contributed by atoms with van der Waals surface area (Å²) in [6.07, 6.45) is 1.53. The first kappa shape index (κ1) is 17.1. The van der Waals surface area contributed by atoms with E-state index in [0.717, 1.165) is 16.1 Å². The van der Waals surface area contributed by atoms with E-state index in [2.05, 4.69) is 21.8 Å². The van der Waals surface area contributed by atoms with Crippen LogP contribution in [0.5, 0.6) is 0 Å². The van der Waals surface area contributed by atoms with Crippen LogP contribution in [0.25, 0.3) is 0 Å². The van der Waals surface area contributed by atoms with Gasteiger partial charge in [-0.25, -0.2) is 4.68 Å². The Labute approximate surface area is 160 Å². The maximum atomic E-state index is 13.2. The van der Waals surface area contributed by atoms with Gasteiger partial charge in [0.1, 0.15) is 23.5 Å². The fraction of sp³-hybridized carbons (Fsp3) is 0.150. The summed E-state index contributed by atoms with van der Waals surface area (Å²) in [5, 5.41) is 21.9. The first-order valence-electron chi connectivity index (χ1n) is 8.46. The van der Waals surface area contributed by atoms with Crippen LogP contribution in [0.4, 0.5) is 11.5 Å². The lowest BCUT2D eigenvalue weighted by Crippen LogP contribution is -2.31. The molecule has 1 amide bonds. The minimum Gasteiger partial charge on any atom is -0.343 e. The number of aromatic nitrogens is 2. The molecule has 1 aliphatic heterocycles. The summed E-state index contributed by atoms with van der Waals surface area (Å²) in [6, 6.07) is 13.4. The van der Waals surface area contributed by atoms with Crippen molar-refractivity contribution in [3.8, 4) is 6.07 Å². The summed E-state index contributed by atoms with van der Waals surface area (Å²) in [4.78, 5) is 14.2. The number of aryl methyl sites for hydroxylation is 1. The molecular weight excluding hydrogens is 358 g/mol. The van der Waals surface area contributed by atoms with Gasteiger partial charge in [0.15, 0.2) is 0 Å². The van der Waals surface area contributed by atoms with Crippen LogP contribution in [0.3, 0.4) is 0 Å². The van der Waals surface area contributed by atoms with Crippen LogP contribution >= 0.6 is 11.3 Å². The molecule has 2 aromatic heterocycles. The van der Waals surface area contributed by atoms with Gasteiger partial charge in [-0.2, -0.15) is 10.4 Å². The number of fused-ring (bicyclic) bond motifs is 1. The molecule has 0 bridgehead atoms. The molecule has 1 aromatic carbocycles. The second-order valence-electron chi connectivity index (χ2n) is 6.31. The molecule has 0 saturated carbocycles. The molecule has 3 heterocycles. The van der Waals surface area contributed by atoms with Gasteiger partial charge >= 0.3 is 0 Å². The standard InChI is InChI=1S/C20H17N5OS/c1-12-6-3-4-7-15(12)24-20(26)17-13(2)23-19-14(10-21)11-22-25(19)18(17)16-8-5-9-27-16/h3-9,11,18,23H,1-2H3,(H,24,26). The van der Waals surface area contributed by atoms with Crippen molar-refractivity contribution >= 4 is 28.7 Å². The molecule has 134 valence electrons. The Morgan fingerprint density at radius 1 is 1.30 bits per heavy atom. The molecule has 4 rings (SSSR count). The molecule has 1 atom stereocenters. The maximum Gasteiger partial charge on any atom is 0.255 e. The van der Waals surface area contributed by atoms with Gasteiger partial charge in [-0.05, 0) is 36.9 Å². The van der Waals surface area contributed by atoms with Gasteiger partial charge in [0.05, 0.1) is 11.8 Å². The Bertz CT molecular complexity index is 1090. The van der Waals surface area contributed by atoms with E-state index in [1.807, 2.05) is 55.6 Å². The van der Waals surface area contributed by atoms with Crippen molar-refractivity contribution < 1.29 is 4.79 Å². The largest absolute Gasteiger partial charge is 0.343 e. The molecule has 0 radical (unpaired) electrons. The van der Waals surface area contributed by atoms with Gasteiger partial charge in [0.2, 0.25) is 0 Å². The zero-order chi connectivity index (χ0) is 19.0. The Morgan fingerprint density at radius 2 is 2.11 bits per heavy atom. The number of allylic oxidation sites excluding steroid dienone is 1. The van der Waals surface area contributed by atoms with Crippen molar-refractivity contribution in [1.82, 2.24) is 9.78 Å². The molecule has 1 aliphatic rings. The number of anilines is 2. The number of carbonyl (C=O) groups excluding carboxylic acids is 1. The number of carbonyl (C=O) groups is 1. The first-order valence-corrected chi connectivity index (χ1v) is 9.34. The summed E-state index contributed by atoms with van der Waals surface area (Å²) in [5.74, 6) is 0.424. The Kier molecular flexibility index (Phi) is 4.26. The van der Waals surface area contributed by atoms with Crippen LogP contribution in [0.1, 0.15) is 29.0 Å². The first-order chi connectivity index (χ1) is 13.1.